The van der Waals surface area contributed by atoms with Crippen LogP contribution in [-0.4, -0.2) is 18.1 Å². The average molecular weight is 416 g/mol. The van der Waals surface area contributed by atoms with Gasteiger partial charge in [-0.25, -0.2) is 9.37 Å². The zero-order valence-corrected chi connectivity index (χ0v) is 17.3. The molecule has 0 aliphatic rings. The van der Waals surface area contributed by atoms with E-state index < -0.39 is 0 Å². The lowest BCUT2D eigenvalue weighted by molar-refractivity contribution is 0.294. The number of aromatic nitrogens is 1. The van der Waals surface area contributed by atoms with Crippen LogP contribution in [0.15, 0.2) is 85.1 Å². The van der Waals surface area contributed by atoms with Crippen molar-refractivity contribution in [3.05, 3.63) is 102 Å². The van der Waals surface area contributed by atoms with Gasteiger partial charge >= 0.3 is 0 Å². The summed E-state index contributed by atoms with van der Waals surface area (Å²) in [5.74, 6) is 1.24. The Morgan fingerprint density at radius 1 is 0.839 bits per heavy atom. The van der Waals surface area contributed by atoms with Crippen LogP contribution in [0.3, 0.4) is 0 Å². The third-order valence-corrected chi connectivity index (χ3v) is 4.99. The maximum absolute atomic E-state index is 13.2. The summed E-state index contributed by atoms with van der Waals surface area (Å²) in [7, 11) is 0. The Kier molecular flexibility index (Phi) is 7.08. The van der Waals surface area contributed by atoms with E-state index >= 15 is 0 Å². The number of halogens is 1. The lowest BCUT2D eigenvalue weighted by atomic mass is 10.0. The first kappa shape index (κ1) is 20.8. The normalized spacial score (nSPS) is 10.9. The van der Waals surface area contributed by atoms with E-state index in [1.54, 1.807) is 18.3 Å². The van der Waals surface area contributed by atoms with Crippen LogP contribution < -0.4 is 14.8 Å². The van der Waals surface area contributed by atoms with E-state index in [1.807, 2.05) is 36.4 Å². The summed E-state index contributed by atoms with van der Waals surface area (Å²) >= 11 is 0. The van der Waals surface area contributed by atoms with Crippen molar-refractivity contribution in [2.75, 3.05) is 13.2 Å². The Balaban J connectivity index is 1.37. The molecule has 0 radical (unpaired) electrons. The van der Waals surface area contributed by atoms with E-state index in [1.165, 1.54) is 17.5 Å². The molecule has 0 aliphatic heterocycles. The number of nitrogens with one attached hydrogen (secondary N) is 1. The van der Waals surface area contributed by atoms with Crippen molar-refractivity contribution in [2.45, 2.75) is 19.6 Å². The molecule has 158 valence electrons. The van der Waals surface area contributed by atoms with Crippen LogP contribution in [0.4, 0.5) is 4.39 Å². The largest absolute Gasteiger partial charge is 0.489 e. The lowest BCUT2D eigenvalue weighted by Gasteiger charge is -2.15. The molecule has 0 atom stereocenters. The summed E-state index contributed by atoms with van der Waals surface area (Å²) in [5.41, 5.74) is 2.05. The second-order valence-corrected chi connectivity index (χ2v) is 7.23. The molecule has 1 heterocycles. The number of fused-ring (bicyclic) bond motifs is 1. The first-order valence-corrected chi connectivity index (χ1v) is 10.4. The van der Waals surface area contributed by atoms with Crippen molar-refractivity contribution >= 4 is 10.8 Å². The van der Waals surface area contributed by atoms with Gasteiger partial charge in [-0.1, -0.05) is 48.5 Å². The zero-order valence-electron chi connectivity index (χ0n) is 17.3. The Labute approximate surface area is 181 Å². The topological polar surface area (TPSA) is 43.4 Å². The highest BCUT2D eigenvalue weighted by Crippen LogP contribution is 2.28. The molecule has 0 spiro atoms. The molecule has 1 aromatic heterocycles. The average Bonchev–Trinajstić information content (AvgIpc) is 2.82. The van der Waals surface area contributed by atoms with Gasteiger partial charge in [0.1, 0.15) is 18.2 Å². The highest BCUT2D eigenvalue weighted by atomic mass is 19.1. The van der Waals surface area contributed by atoms with Crippen LogP contribution >= 0.6 is 0 Å². The predicted molar refractivity (Wildman–Crippen MR) is 121 cm³/mol. The molecule has 1 N–H and O–H groups in total. The van der Waals surface area contributed by atoms with E-state index in [4.69, 9.17) is 9.47 Å². The van der Waals surface area contributed by atoms with Gasteiger partial charge in [0.2, 0.25) is 5.88 Å². The van der Waals surface area contributed by atoms with Gasteiger partial charge in [-0.2, -0.15) is 0 Å². The van der Waals surface area contributed by atoms with E-state index in [0.29, 0.717) is 25.6 Å². The fourth-order valence-corrected chi connectivity index (χ4v) is 3.40. The maximum atomic E-state index is 13.2. The smallest absolute Gasteiger partial charge is 0.213 e. The Morgan fingerprint density at radius 2 is 1.68 bits per heavy atom. The van der Waals surface area contributed by atoms with Gasteiger partial charge in [0.25, 0.3) is 0 Å². The monoisotopic (exact) mass is 416 g/mol. The minimum atomic E-state index is -0.244. The third kappa shape index (κ3) is 5.80. The number of pyridine rings is 1. The lowest BCUT2D eigenvalue weighted by Crippen LogP contribution is -2.18. The highest BCUT2D eigenvalue weighted by Gasteiger charge is 2.09. The van der Waals surface area contributed by atoms with Gasteiger partial charge in [0.05, 0.1) is 6.61 Å². The number of hydrogen-bond donors (Lipinski definition) is 1. The quantitative estimate of drug-likeness (QED) is 0.346. The summed E-state index contributed by atoms with van der Waals surface area (Å²) in [6.07, 6.45) is 2.59. The van der Waals surface area contributed by atoms with E-state index in [9.17, 15) is 4.39 Å². The fraction of sp³-hybridized carbons (Fsp3) is 0.192. The van der Waals surface area contributed by atoms with Crippen LogP contribution in [0.25, 0.3) is 10.8 Å². The molecule has 31 heavy (non-hydrogen) atoms. The molecule has 4 aromatic rings. The van der Waals surface area contributed by atoms with Crippen molar-refractivity contribution in [2.24, 2.45) is 0 Å². The maximum Gasteiger partial charge on any atom is 0.213 e. The molecule has 0 unspecified atom stereocenters. The molecule has 4 nitrogen and oxygen atoms in total. The Hall–Kier alpha value is -3.44. The summed E-state index contributed by atoms with van der Waals surface area (Å²) in [6, 6.07) is 24.4. The van der Waals surface area contributed by atoms with Crippen LogP contribution in [0.2, 0.25) is 0 Å². The van der Waals surface area contributed by atoms with Crippen LogP contribution in [0.5, 0.6) is 11.6 Å². The van der Waals surface area contributed by atoms with Crippen LogP contribution in [0, 0.1) is 5.82 Å². The fourth-order valence-electron chi connectivity index (χ4n) is 3.40. The van der Waals surface area contributed by atoms with E-state index in [2.05, 4.69) is 28.5 Å². The molecular formula is C26H25FN2O2. The highest BCUT2D eigenvalue weighted by molar-refractivity contribution is 5.87. The first-order chi connectivity index (χ1) is 15.3. The van der Waals surface area contributed by atoms with Crippen LogP contribution in [-0.2, 0) is 13.2 Å². The Bertz CT molecular complexity index is 1100. The van der Waals surface area contributed by atoms with Crippen LogP contribution in [0.1, 0.15) is 17.5 Å². The molecule has 3 aromatic carbocycles. The second-order valence-electron chi connectivity index (χ2n) is 7.23. The van der Waals surface area contributed by atoms with Gasteiger partial charge in [0, 0.05) is 24.4 Å². The number of ether oxygens (including phenoxy) is 2. The Morgan fingerprint density at radius 3 is 2.52 bits per heavy atom. The van der Waals surface area contributed by atoms with Gasteiger partial charge in [-0.15, -0.1) is 0 Å². The SMILES string of the molecule is Fc1ccc(COc2ccc3ccccc3c2CNCCCOc2ccccn2)cc1. The molecule has 0 saturated carbocycles. The number of hydrogen-bond acceptors (Lipinski definition) is 4. The van der Waals surface area contributed by atoms with Gasteiger partial charge < -0.3 is 14.8 Å². The molecule has 0 fully saturated rings. The summed E-state index contributed by atoms with van der Waals surface area (Å²) in [5, 5.41) is 5.83. The van der Waals surface area contributed by atoms with E-state index in [0.717, 1.165) is 35.2 Å². The number of benzene rings is 3. The molecule has 4 rings (SSSR count). The first-order valence-electron chi connectivity index (χ1n) is 10.4. The number of nitrogens with zero attached hydrogens (tertiary/aromatic N) is 1. The predicted octanol–water partition coefficient (Wildman–Crippen LogP) is 5.51. The molecule has 0 amide bonds. The molecule has 0 bridgehead atoms. The van der Waals surface area contributed by atoms with Crippen molar-refractivity contribution in [3.8, 4) is 11.6 Å². The summed E-state index contributed by atoms with van der Waals surface area (Å²) in [6.45, 7) is 2.49. The van der Waals surface area contributed by atoms with Gasteiger partial charge in [-0.3, -0.25) is 0 Å². The molecular weight excluding hydrogens is 391 g/mol. The minimum Gasteiger partial charge on any atom is -0.489 e. The van der Waals surface area contributed by atoms with Crippen molar-refractivity contribution < 1.29 is 13.9 Å². The minimum absolute atomic E-state index is 0.244. The summed E-state index contributed by atoms with van der Waals surface area (Å²) < 4.78 is 24.9. The van der Waals surface area contributed by atoms with Gasteiger partial charge in [0.15, 0.2) is 0 Å². The zero-order chi connectivity index (χ0) is 21.3. The third-order valence-electron chi connectivity index (χ3n) is 4.99. The van der Waals surface area contributed by atoms with Crippen molar-refractivity contribution in [1.82, 2.24) is 10.3 Å². The van der Waals surface area contributed by atoms with Crippen molar-refractivity contribution in [3.63, 3.8) is 0 Å². The molecule has 0 aliphatic carbocycles. The second kappa shape index (κ2) is 10.5. The number of rotatable bonds is 10. The van der Waals surface area contributed by atoms with Crippen molar-refractivity contribution in [1.29, 1.82) is 0 Å². The summed E-state index contributed by atoms with van der Waals surface area (Å²) in [4.78, 5) is 4.16. The molecule has 5 heteroatoms. The van der Waals surface area contributed by atoms with Gasteiger partial charge in [-0.05, 0) is 53.6 Å². The standard InChI is InChI=1S/C26H25FN2O2/c27-22-12-9-20(10-13-22)19-31-25-14-11-21-6-1-2-7-23(21)24(25)18-28-15-5-17-30-26-8-3-4-16-29-26/h1-4,6-14,16,28H,5,15,17-19H2. The van der Waals surface area contributed by atoms with E-state index in [-0.39, 0.29) is 5.82 Å². The molecule has 0 saturated heterocycles.